The van der Waals surface area contributed by atoms with Crippen LogP contribution < -0.4 is 15.6 Å². The molecule has 0 nitrogen and oxygen atoms in total. The van der Waals surface area contributed by atoms with Gasteiger partial charge in [-0.15, -0.1) is 0 Å². The van der Waals surface area contributed by atoms with Crippen LogP contribution in [0.15, 0.2) is 60.7 Å². The minimum atomic E-state index is -1.58. The normalized spacial score (nSPS) is 17.8. The zero-order valence-electron chi connectivity index (χ0n) is 33.6. The fourth-order valence-corrected chi connectivity index (χ4v) is 51.2. The van der Waals surface area contributed by atoms with Crippen LogP contribution in [0, 0.1) is 5.92 Å². The molecule has 2 aliphatic rings. The van der Waals surface area contributed by atoms with E-state index in [2.05, 4.69) is 179 Å². The lowest BCUT2D eigenvalue weighted by Crippen LogP contribution is -2.53. The van der Waals surface area contributed by atoms with Gasteiger partial charge in [0.05, 0.1) is 0 Å². The third kappa shape index (κ3) is 8.23. The quantitative estimate of drug-likeness (QED) is 0.201. The first-order valence-electron chi connectivity index (χ1n) is 18.3. The molecule has 1 atom stereocenters. The van der Waals surface area contributed by atoms with Gasteiger partial charge in [-0.25, -0.2) is 0 Å². The van der Waals surface area contributed by atoms with Gasteiger partial charge in [-0.2, -0.15) is 0 Å². The molecule has 0 saturated heterocycles. The fraction of sp³-hybridized carbons (Fsp3) is 0.550. The van der Waals surface area contributed by atoms with Crippen LogP contribution in [0.3, 0.4) is 0 Å². The lowest BCUT2D eigenvalue weighted by Gasteiger charge is -2.46. The summed E-state index contributed by atoms with van der Waals surface area (Å²) in [7, 11) is -8.62. The van der Waals surface area contributed by atoms with Crippen molar-refractivity contribution in [1.29, 1.82) is 0 Å². The van der Waals surface area contributed by atoms with E-state index in [1.807, 2.05) is 11.1 Å². The molecular formula is C40H68Si7. The third-order valence-electron chi connectivity index (χ3n) is 10.5. The highest BCUT2D eigenvalue weighted by atomic mass is 28.4. The van der Waals surface area contributed by atoms with Crippen LogP contribution in [-0.4, -0.2) is 58.0 Å². The van der Waals surface area contributed by atoms with Crippen molar-refractivity contribution in [2.75, 3.05) is 0 Å². The SMILES string of the molecule is C[Si](C)(C)C(c1cc(C([Si](C)(C)C)[Si](C)(C)C)c([Si]C2=c3ccccc3=C3C=CC=CC32)c(C([Si](C)(C)C)[Si](C)(C)C)c1)[Si](C)(C)C. The van der Waals surface area contributed by atoms with Gasteiger partial charge in [-0.1, -0.05) is 200 Å². The summed E-state index contributed by atoms with van der Waals surface area (Å²) in [6.07, 6.45) is 9.47. The van der Waals surface area contributed by atoms with Crippen molar-refractivity contribution in [1.82, 2.24) is 0 Å². The smallest absolute Gasteiger partial charge is 0.0733 e. The molecule has 7 heteroatoms. The molecule has 47 heavy (non-hydrogen) atoms. The van der Waals surface area contributed by atoms with Crippen LogP contribution in [0.4, 0.5) is 0 Å². The summed E-state index contributed by atoms with van der Waals surface area (Å²) in [5.74, 6) is 0.405. The highest BCUT2D eigenvalue weighted by molar-refractivity contribution is 6.98. The maximum Gasteiger partial charge on any atom is 0.118 e. The Morgan fingerprint density at radius 2 is 0.915 bits per heavy atom. The van der Waals surface area contributed by atoms with E-state index in [1.165, 1.54) is 16.0 Å². The molecule has 2 aromatic carbocycles. The van der Waals surface area contributed by atoms with Gasteiger partial charge in [0, 0.05) is 54.4 Å². The summed E-state index contributed by atoms with van der Waals surface area (Å²) >= 11 is 0. The molecule has 0 spiro atoms. The molecule has 2 radical (unpaired) electrons. The number of allylic oxidation sites excluding steroid dienone is 4. The lowest BCUT2D eigenvalue weighted by molar-refractivity contribution is 1.10. The van der Waals surface area contributed by atoms with Crippen molar-refractivity contribution in [3.05, 3.63) is 87.8 Å². The van der Waals surface area contributed by atoms with Crippen LogP contribution in [-0.2, 0) is 0 Å². The van der Waals surface area contributed by atoms with Crippen molar-refractivity contribution in [3.8, 4) is 0 Å². The average Bonchev–Trinajstić information content (AvgIpc) is 3.14. The van der Waals surface area contributed by atoms with Crippen LogP contribution >= 0.6 is 0 Å². The van der Waals surface area contributed by atoms with E-state index in [0.29, 0.717) is 5.92 Å². The Labute approximate surface area is 299 Å². The maximum absolute atomic E-state index is 2.89. The number of hydrogen-bond donors (Lipinski definition) is 0. The molecule has 4 rings (SSSR count). The van der Waals surface area contributed by atoms with E-state index < -0.39 is 48.4 Å². The van der Waals surface area contributed by atoms with Gasteiger partial charge in [0.2, 0.25) is 0 Å². The lowest BCUT2D eigenvalue weighted by atomic mass is 9.97. The highest BCUT2D eigenvalue weighted by Crippen LogP contribution is 2.44. The highest BCUT2D eigenvalue weighted by Gasteiger charge is 2.46. The number of benzene rings is 2. The molecule has 0 heterocycles. The standard InChI is InChI=1S/C40H68Si7/c1-42(2,3)38(43(4,5)6)29-27-34(39(44(7,8)9)45(10,11)12)37(35(28-29)40(46(13,14)15)47(16,17)18)41-36-32-25-21-19-23-30(32)31-24-20-22-26-33(31)36/h19-28,32,38-40H,1-18H3. The van der Waals surface area contributed by atoms with Gasteiger partial charge in [0.1, 0.15) is 9.52 Å². The van der Waals surface area contributed by atoms with Crippen LogP contribution in [0.5, 0.6) is 0 Å². The van der Waals surface area contributed by atoms with Crippen molar-refractivity contribution in [2.24, 2.45) is 5.92 Å². The van der Waals surface area contributed by atoms with Crippen LogP contribution in [0.1, 0.15) is 32.2 Å². The van der Waals surface area contributed by atoms with Crippen molar-refractivity contribution < 1.29 is 0 Å². The van der Waals surface area contributed by atoms with E-state index in [9.17, 15) is 0 Å². The molecule has 256 valence electrons. The Bertz CT molecular complexity index is 1580. The Morgan fingerprint density at radius 3 is 1.32 bits per heavy atom. The topological polar surface area (TPSA) is 0 Å². The van der Waals surface area contributed by atoms with Crippen molar-refractivity contribution >= 4 is 73.9 Å². The van der Waals surface area contributed by atoms with E-state index >= 15 is 0 Å². The van der Waals surface area contributed by atoms with Crippen molar-refractivity contribution in [3.63, 3.8) is 0 Å². The number of hydrogen-bond acceptors (Lipinski definition) is 0. The molecule has 0 aromatic heterocycles. The van der Waals surface area contributed by atoms with Gasteiger partial charge in [-0.3, -0.25) is 0 Å². The van der Waals surface area contributed by atoms with E-state index in [4.69, 9.17) is 0 Å². The number of fused-ring (bicyclic) bond motifs is 2. The minimum absolute atomic E-state index is 0.405. The predicted octanol–water partition coefficient (Wildman–Crippen LogP) is 10.2. The van der Waals surface area contributed by atoms with Gasteiger partial charge < -0.3 is 0 Å². The molecular weight excluding hydrogens is 677 g/mol. The second-order valence-corrected chi connectivity index (χ2v) is 56.2. The van der Waals surface area contributed by atoms with Gasteiger partial charge >= 0.3 is 0 Å². The molecule has 1 unspecified atom stereocenters. The minimum Gasteiger partial charge on any atom is -0.0733 e. The molecule has 0 saturated carbocycles. The summed E-state index contributed by atoms with van der Waals surface area (Å²) < 4.78 is 0. The summed E-state index contributed by atoms with van der Waals surface area (Å²) in [6, 6.07) is 15.1. The first-order valence-corrected chi connectivity index (χ1v) is 40.7. The van der Waals surface area contributed by atoms with E-state index in [-0.39, 0.29) is 0 Å². The first kappa shape index (κ1) is 39.0. The summed E-state index contributed by atoms with van der Waals surface area (Å²) in [4.78, 5) is 0. The molecule has 0 amide bonds. The van der Waals surface area contributed by atoms with Gasteiger partial charge in [-0.05, 0) is 37.1 Å². The number of rotatable bonds is 11. The molecule has 2 aromatic rings. The zero-order chi connectivity index (χ0) is 35.7. The molecule has 0 N–H and O–H groups in total. The van der Waals surface area contributed by atoms with Crippen LogP contribution in [0.2, 0.25) is 118 Å². The second-order valence-electron chi connectivity index (χ2n) is 21.3. The van der Waals surface area contributed by atoms with E-state index in [0.717, 1.165) is 25.0 Å². The monoisotopic (exact) mass is 744 g/mol. The second kappa shape index (κ2) is 13.1. The van der Waals surface area contributed by atoms with Gasteiger partial charge in [0.15, 0.2) is 0 Å². The zero-order valence-corrected chi connectivity index (χ0v) is 40.6. The Kier molecular flexibility index (Phi) is 10.8. The fourth-order valence-electron chi connectivity index (χ4n) is 10.7. The maximum atomic E-state index is 2.89. The first-order chi connectivity index (χ1) is 21.1. The van der Waals surface area contributed by atoms with Crippen LogP contribution in [0.25, 0.3) is 10.8 Å². The molecule has 2 aliphatic carbocycles. The molecule has 0 bridgehead atoms. The predicted molar refractivity (Wildman–Crippen MR) is 234 cm³/mol. The Morgan fingerprint density at radius 1 is 0.511 bits per heavy atom. The van der Waals surface area contributed by atoms with Gasteiger partial charge in [0.25, 0.3) is 0 Å². The average molecular weight is 746 g/mol. The largest absolute Gasteiger partial charge is 0.118 e. The molecule has 0 aliphatic heterocycles. The van der Waals surface area contributed by atoms with Crippen molar-refractivity contribution in [2.45, 2.75) is 133 Å². The van der Waals surface area contributed by atoms with E-state index in [1.54, 1.807) is 15.9 Å². The summed E-state index contributed by atoms with van der Waals surface area (Å²) in [6.45, 7) is 48.3. The Balaban J connectivity index is 2.25. The summed E-state index contributed by atoms with van der Waals surface area (Å²) in [5.41, 5.74) is 6.88. The Hall–Kier alpha value is -0.822. The summed E-state index contributed by atoms with van der Waals surface area (Å²) in [5, 5.41) is 8.66. The third-order valence-corrected chi connectivity index (χ3v) is 40.1. The molecule has 0 fully saturated rings.